The topological polar surface area (TPSA) is 44.6 Å². The van der Waals surface area contributed by atoms with E-state index in [1.165, 1.54) is 37.7 Å². The van der Waals surface area contributed by atoms with E-state index in [-0.39, 0.29) is 16.8 Å². The van der Waals surface area contributed by atoms with E-state index in [1.54, 1.807) is 11.1 Å². The Balaban J connectivity index is 1.18. The molecule has 3 heterocycles. The predicted molar refractivity (Wildman–Crippen MR) is 154 cm³/mol. The Labute approximate surface area is 230 Å². The van der Waals surface area contributed by atoms with Crippen LogP contribution in [-0.2, 0) is 11.2 Å². The number of piperidine rings is 1. The molecule has 6 nitrogen and oxygen atoms in total. The smallest absolute Gasteiger partial charge is 0.257 e. The van der Waals surface area contributed by atoms with Crippen LogP contribution in [0.25, 0.3) is 5.69 Å². The van der Waals surface area contributed by atoms with Crippen molar-refractivity contribution in [2.24, 2.45) is 5.92 Å². The van der Waals surface area contributed by atoms with Gasteiger partial charge < -0.3 is 9.47 Å². The zero-order valence-corrected chi connectivity index (χ0v) is 23.8. The van der Waals surface area contributed by atoms with Crippen molar-refractivity contribution in [3.05, 3.63) is 85.1 Å². The molecule has 0 N–H and O–H groups in total. The van der Waals surface area contributed by atoms with E-state index < -0.39 is 0 Å². The van der Waals surface area contributed by atoms with Crippen LogP contribution in [0.1, 0.15) is 44.6 Å². The van der Waals surface area contributed by atoms with Crippen LogP contribution in [0, 0.1) is 5.92 Å². The van der Waals surface area contributed by atoms with Crippen molar-refractivity contribution in [3.8, 4) is 5.69 Å². The number of allylic oxidation sites excluding steroid dienone is 4. The Morgan fingerprint density at radius 1 is 1.19 bits per heavy atom. The molecule has 4 rings (SSSR count). The van der Waals surface area contributed by atoms with E-state index in [1.807, 2.05) is 55.5 Å². The largest absolute Gasteiger partial charge is 0.306 e. The molecule has 37 heavy (non-hydrogen) atoms. The van der Waals surface area contributed by atoms with Gasteiger partial charge in [-0.2, -0.15) is 0 Å². The van der Waals surface area contributed by atoms with Crippen LogP contribution in [0.5, 0.6) is 0 Å². The number of likely N-dealkylation sites (N-methyl/N-ethyl adjacent to an activating group) is 1. The third kappa shape index (κ3) is 6.89. The van der Waals surface area contributed by atoms with Crippen molar-refractivity contribution in [3.63, 3.8) is 0 Å². The van der Waals surface area contributed by atoms with Gasteiger partial charge in [-0.25, -0.2) is 15.0 Å². The van der Waals surface area contributed by atoms with E-state index in [0.717, 1.165) is 43.4 Å². The molecule has 0 saturated carbocycles. The monoisotopic (exact) mass is 565 g/mol. The summed E-state index contributed by atoms with van der Waals surface area (Å²) in [5.41, 5.74) is 3.42. The molecule has 1 amide bonds. The number of rotatable bonds is 11. The summed E-state index contributed by atoms with van der Waals surface area (Å²) in [5, 5.41) is 3.87. The second-order valence-corrected chi connectivity index (χ2v) is 11.1. The lowest BCUT2D eigenvalue weighted by Gasteiger charge is -2.36. The second-order valence-electron chi connectivity index (χ2n) is 10.1. The maximum absolute atomic E-state index is 13.0. The molecule has 2 aromatic rings. The summed E-state index contributed by atoms with van der Waals surface area (Å²) in [6.07, 6.45) is 20.6. The molecule has 198 valence electrons. The lowest BCUT2D eigenvalue weighted by molar-refractivity contribution is -0.132. The summed E-state index contributed by atoms with van der Waals surface area (Å²) in [6.45, 7) is 8.90. The van der Waals surface area contributed by atoms with Crippen molar-refractivity contribution in [2.45, 2.75) is 56.3 Å². The molecule has 7 heteroatoms. The minimum atomic E-state index is -0.206. The number of imidazole rings is 1. The van der Waals surface area contributed by atoms with Crippen LogP contribution in [0.2, 0.25) is 0 Å². The number of hydrogen-bond acceptors (Lipinski definition) is 4. The fraction of sp³-hybridized carbons (Fsp3) is 0.467. The molecule has 2 saturated heterocycles. The lowest BCUT2D eigenvalue weighted by Crippen LogP contribution is -2.47. The number of hydrazine groups is 1. The van der Waals surface area contributed by atoms with Gasteiger partial charge in [0.2, 0.25) is 0 Å². The van der Waals surface area contributed by atoms with Crippen molar-refractivity contribution < 1.29 is 4.79 Å². The molecule has 0 bridgehead atoms. The summed E-state index contributed by atoms with van der Waals surface area (Å²) >= 11 is 3.69. The third-order valence-corrected chi connectivity index (χ3v) is 8.67. The van der Waals surface area contributed by atoms with Crippen LogP contribution in [0.4, 0.5) is 0 Å². The number of benzene rings is 1. The number of amides is 1. The van der Waals surface area contributed by atoms with Gasteiger partial charge in [0.25, 0.3) is 5.91 Å². The first kappa shape index (κ1) is 27.6. The Morgan fingerprint density at radius 3 is 2.59 bits per heavy atom. The zero-order chi connectivity index (χ0) is 26.2. The number of halogens is 1. The molecule has 2 aliphatic rings. The highest BCUT2D eigenvalue weighted by molar-refractivity contribution is 9.10. The van der Waals surface area contributed by atoms with Crippen molar-refractivity contribution in [1.82, 2.24) is 24.5 Å². The van der Waals surface area contributed by atoms with Crippen LogP contribution < -0.4 is 0 Å². The van der Waals surface area contributed by atoms with Gasteiger partial charge in [-0.1, -0.05) is 59.6 Å². The summed E-state index contributed by atoms with van der Waals surface area (Å²) < 4.78 is 2.04. The summed E-state index contributed by atoms with van der Waals surface area (Å²) in [4.78, 5) is 19.5. The molecule has 1 aromatic carbocycles. The Bertz CT molecular complexity index is 1070. The molecule has 0 spiro atoms. The van der Waals surface area contributed by atoms with Gasteiger partial charge in [-0.15, -0.1) is 0 Å². The SMILES string of the molecule is C=C/C=C(\C=C/C)N1C(=O)C(Br)C(CN2CCC(CCCCc3ccc(-n4ccnc4)cc3)CC2)N1C. The lowest BCUT2D eigenvalue weighted by atomic mass is 9.90. The maximum atomic E-state index is 13.0. The van der Waals surface area contributed by atoms with Crippen LogP contribution >= 0.6 is 15.9 Å². The number of carbonyl (C=O) groups excluding carboxylic acids is 1. The van der Waals surface area contributed by atoms with E-state index in [0.29, 0.717) is 0 Å². The Hall–Kier alpha value is -2.48. The molecule has 0 radical (unpaired) electrons. The second kappa shape index (κ2) is 13.4. The van der Waals surface area contributed by atoms with Crippen LogP contribution in [0.3, 0.4) is 0 Å². The van der Waals surface area contributed by atoms with Gasteiger partial charge in [0, 0.05) is 31.7 Å². The number of hydrogen-bond donors (Lipinski definition) is 0. The molecule has 2 atom stereocenters. The summed E-state index contributed by atoms with van der Waals surface area (Å²) in [6, 6.07) is 8.95. The van der Waals surface area contributed by atoms with Crippen molar-refractivity contribution in [1.29, 1.82) is 0 Å². The number of likely N-dealkylation sites (tertiary alicyclic amines) is 1. The van der Waals surface area contributed by atoms with Crippen LogP contribution in [-0.4, -0.2) is 67.9 Å². The van der Waals surface area contributed by atoms with E-state index in [4.69, 9.17) is 0 Å². The standard InChI is InChI=1S/C30H40BrN5O/c1-4-8-27(9-5-2)36-30(37)29(31)28(33(36)3)22-34-19-16-25(17-20-34)11-7-6-10-24-12-14-26(15-13-24)35-21-18-32-23-35/h4-5,8-9,12-15,18,21,23,25,28-29H,1,6-7,10-11,16-17,19-20,22H2,2-3H3/b9-5-,27-8+. The van der Waals surface area contributed by atoms with Gasteiger partial charge >= 0.3 is 0 Å². The predicted octanol–water partition coefficient (Wildman–Crippen LogP) is 5.76. The number of aromatic nitrogens is 2. The maximum Gasteiger partial charge on any atom is 0.257 e. The Kier molecular flexibility index (Phi) is 9.95. The highest BCUT2D eigenvalue weighted by Gasteiger charge is 2.45. The first-order valence-corrected chi connectivity index (χ1v) is 14.4. The number of aryl methyl sites for hydroxylation is 1. The molecule has 2 aliphatic heterocycles. The molecule has 0 aliphatic carbocycles. The molecular weight excluding hydrogens is 526 g/mol. The number of nitrogens with zero attached hydrogens (tertiary/aromatic N) is 5. The van der Waals surface area contributed by atoms with Crippen LogP contribution in [0.15, 0.2) is 79.6 Å². The van der Waals surface area contributed by atoms with Crippen molar-refractivity contribution in [2.75, 3.05) is 26.7 Å². The van der Waals surface area contributed by atoms with Gasteiger partial charge in [-0.3, -0.25) is 4.79 Å². The first-order chi connectivity index (χ1) is 18.0. The summed E-state index contributed by atoms with van der Waals surface area (Å²) in [7, 11) is 2.02. The molecular formula is C30H40BrN5O. The van der Waals surface area contributed by atoms with Gasteiger partial charge in [0.15, 0.2) is 0 Å². The fourth-order valence-corrected chi connectivity index (χ4v) is 6.22. The fourth-order valence-electron chi connectivity index (χ4n) is 5.51. The van der Waals surface area contributed by atoms with Crippen molar-refractivity contribution >= 4 is 21.8 Å². The summed E-state index contributed by atoms with van der Waals surface area (Å²) in [5.74, 6) is 0.904. The van der Waals surface area contributed by atoms with E-state index >= 15 is 0 Å². The molecule has 1 aromatic heterocycles. The minimum Gasteiger partial charge on any atom is -0.306 e. The quantitative estimate of drug-likeness (QED) is 0.197. The van der Waals surface area contributed by atoms with Gasteiger partial charge in [-0.05, 0) is 81.5 Å². The van der Waals surface area contributed by atoms with E-state index in [9.17, 15) is 4.79 Å². The first-order valence-electron chi connectivity index (χ1n) is 13.5. The highest BCUT2D eigenvalue weighted by atomic mass is 79.9. The molecule has 2 unspecified atom stereocenters. The average Bonchev–Trinajstić information content (AvgIpc) is 3.52. The van der Waals surface area contributed by atoms with Gasteiger partial charge in [0.1, 0.15) is 4.83 Å². The zero-order valence-electron chi connectivity index (χ0n) is 22.2. The van der Waals surface area contributed by atoms with Gasteiger partial charge in [0.05, 0.1) is 18.1 Å². The average molecular weight is 567 g/mol. The Morgan fingerprint density at radius 2 is 1.95 bits per heavy atom. The normalized spacial score (nSPS) is 22.4. The molecule has 2 fully saturated rings. The minimum absolute atomic E-state index is 0.0879. The number of unbranched alkanes of at least 4 members (excludes halogenated alkanes) is 1. The number of alkyl halides is 1. The van der Waals surface area contributed by atoms with E-state index in [2.05, 4.69) is 61.7 Å². The highest BCUT2D eigenvalue weighted by Crippen LogP contribution is 2.31. The number of carbonyl (C=O) groups is 1. The third-order valence-electron chi connectivity index (χ3n) is 7.67.